The molecule has 0 radical (unpaired) electrons. The molecule has 6 heteroatoms. The van der Waals surface area contributed by atoms with E-state index in [9.17, 15) is 14.7 Å². The smallest absolute Gasteiger partial charge is 0.222 e. The fourth-order valence-corrected chi connectivity index (χ4v) is 2.04. The standard InChI is InChI=1S/C15H21ClN2O3/c1-18(2)15(21)9-5-8-14(20)17-10-13(19)11-6-3-4-7-12(11)16/h3-4,6-7,13,19H,5,8-10H2,1-2H3,(H,17,20). The Hall–Kier alpha value is -1.59. The van der Waals surface area contributed by atoms with Gasteiger partial charge in [-0.25, -0.2) is 0 Å². The van der Waals surface area contributed by atoms with Crippen molar-refractivity contribution < 1.29 is 14.7 Å². The van der Waals surface area contributed by atoms with Gasteiger partial charge in [-0.1, -0.05) is 29.8 Å². The van der Waals surface area contributed by atoms with Crippen LogP contribution in [-0.4, -0.2) is 42.5 Å². The van der Waals surface area contributed by atoms with Crippen molar-refractivity contribution in [1.82, 2.24) is 10.2 Å². The van der Waals surface area contributed by atoms with E-state index >= 15 is 0 Å². The summed E-state index contributed by atoms with van der Waals surface area (Å²) in [5, 5.41) is 13.1. The molecule has 0 heterocycles. The van der Waals surface area contributed by atoms with E-state index < -0.39 is 6.10 Å². The molecule has 1 atom stereocenters. The van der Waals surface area contributed by atoms with Crippen molar-refractivity contribution in [2.45, 2.75) is 25.4 Å². The van der Waals surface area contributed by atoms with Crippen LogP contribution in [0.25, 0.3) is 0 Å². The number of aliphatic hydroxyl groups is 1. The Morgan fingerprint density at radius 2 is 1.95 bits per heavy atom. The average Bonchev–Trinajstić information content (AvgIpc) is 2.45. The number of carbonyl (C=O) groups excluding carboxylic acids is 2. The summed E-state index contributed by atoms with van der Waals surface area (Å²) in [5.74, 6) is -0.188. The molecule has 0 aliphatic rings. The summed E-state index contributed by atoms with van der Waals surface area (Å²) in [6, 6.07) is 6.96. The molecule has 1 aromatic rings. The lowest BCUT2D eigenvalue weighted by Crippen LogP contribution is -2.28. The average molecular weight is 313 g/mol. The lowest BCUT2D eigenvalue weighted by Gasteiger charge is -2.14. The highest BCUT2D eigenvalue weighted by Gasteiger charge is 2.12. The molecule has 21 heavy (non-hydrogen) atoms. The Morgan fingerprint density at radius 3 is 2.57 bits per heavy atom. The molecule has 2 amide bonds. The second kappa shape index (κ2) is 8.64. The first-order chi connectivity index (χ1) is 9.91. The number of hydrogen-bond donors (Lipinski definition) is 2. The van der Waals surface area contributed by atoms with Crippen molar-refractivity contribution in [1.29, 1.82) is 0 Å². The van der Waals surface area contributed by atoms with Gasteiger partial charge in [-0.3, -0.25) is 9.59 Å². The summed E-state index contributed by atoms with van der Waals surface area (Å²) in [6.45, 7) is 0.101. The summed E-state index contributed by atoms with van der Waals surface area (Å²) < 4.78 is 0. The SMILES string of the molecule is CN(C)C(=O)CCCC(=O)NCC(O)c1ccccc1Cl. The van der Waals surface area contributed by atoms with Crippen LogP contribution in [-0.2, 0) is 9.59 Å². The minimum atomic E-state index is -0.842. The monoisotopic (exact) mass is 312 g/mol. The van der Waals surface area contributed by atoms with Crippen LogP contribution in [0.1, 0.15) is 30.9 Å². The number of amides is 2. The highest BCUT2D eigenvalue weighted by atomic mass is 35.5. The van der Waals surface area contributed by atoms with Crippen LogP contribution in [0.3, 0.4) is 0 Å². The largest absolute Gasteiger partial charge is 0.387 e. The van der Waals surface area contributed by atoms with Crippen LogP contribution in [0, 0.1) is 0 Å². The van der Waals surface area contributed by atoms with Crippen LogP contribution in [0.2, 0.25) is 5.02 Å². The van der Waals surface area contributed by atoms with E-state index in [1.807, 2.05) is 0 Å². The lowest BCUT2D eigenvalue weighted by atomic mass is 10.1. The molecule has 0 saturated carbocycles. The predicted molar refractivity (Wildman–Crippen MR) is 82.0 cm³/mol. The fourth-order valence-electron chi connectivity index (χ4n) is 1.78. The van der Waals surface area contributed by atoms with Gasteiger partial charge in [0.05, 0.1) is 6.10 Å². The zero-order valence-corrected chi connectivity index (χ0v) is 13.1. The van der Waals surface area contributed by atoms with Crippen molar-refractivity contribution in [3.05, 3.63) is 34.9 Å². The van der Waals surface area contributed by atoms with E-state index in [0.717, 1.165) is 0 Å². The topological polar surface area (TPSA) is 69.6 Å². The van der Waals surface area contributed by atoms with Crippen LogP contribution in [0.4, 0.5) is 0 Å². The maximum Gasteiger partial charge on any atom is 0.222 e. The van der Waals surface area contributed by atoms with Crippen molar-refractivity contribution in [3.63, 3.8) is 0 Å². The molecular weight excluding hydrogens is 292 g/mol. The summed E-state index contributed by atoms with van der Waals surface area (Å²) in [4.78, 5) is 24.5. The fraction of sp³-hybridized carbons (Fsp3) is 0.467. The highest BCUT2D eigenvalue weighted by molar-refractivity contribution is 6.31. The van der Waals surface area contributed by atoms with Crippen LogP contribution >= 0.6 is 11.6 Å². The first-order valence-electron chi connectivity index (χ1n) is 6.81. The number of nitrogens with zero attached hydrogens (tertiary/aromatic N) is 1. The van der Waals surface area contributed by atoms with Crippen molar-refractivity contribution in [3.8, 4) is 0 Å². The summed E-state index contributed by atoms with van der Waals surface area (Å²) >= 11 is 5.97. The van der Waals surface area contributed by atoms with Gasteiger partial charge in [0.25, 0.3) is 0 Å². The minimum Gasteiger partial charge on any atom is -0.387 e. The van der Waals surface area contributed by atoms with Gasteiger partial charge >= 0.3 is 0 Å². The van der Waals surface area contributed by atoms with Gasteiger partial charge < -0.3 is 15.3 Å². The van der Waals surface area contributed by atoms with Crippen LogP contribution in [0.5, 0.6) is 0 Å². The van der Waals surface area contributed by atoms with Gasteiger partial charge in [0.1, 0.15) is 0 Å². The second-order valence-electron chi connectivity index (χ2n) is 4.98. The molecule has 1 rings (SSSR count). The number of rotatable bonds is 7. The summed E-state index contributed by atoms with van der Waals surface area (Å²) in [5.41, 5.74) is 0.585. The van der Waals surface area contributed by atoms with E-state index in [0.29, 0.717) is 23.4 Å². The number of benzene rings is 1. The summed E-state index contributed by atoms with van der Waals surface area (Å²) in [6.07, 6.45) is 0.249. The Morgan fingerprint density at radius 1 is 1.29 bits per heavy atom. The second-order valence-corrected chi connectivity index (χ2v) is 5.39. The molecule has 0 aromatic heterocycles. The molecule has 1 unspecified atom stereocenters. The maximum absolute atomic E-state index is 11.6. The molecule has 5 nitrogen and oxygen atoms in total. The molecule has 116 valence electrons. The molecule has 1 aromatic carbocycles. The van der Waals surface area contributed by atoms with Gasteiger partial charge in [-0.05, 0) is 12.5 Å². The molecule has 0 aliphatic heterocycles. The number of carbonyl (C=O) groups is 2. The van der Waals surface area contributed by atoms with Crippen molar-refractivity contribution in [2.75, 3.05) is 20.6 Å². The van der Waals surface area contributed by atoms with Gasteiger partial charge in [-0.15, -0.1) is 0 Å². The zero-order chi connectivity index (χ0) is 15.8. The third-order valence-electron chi connectivity index (χ3n) is 3.05. The van der Waals surface area contributed by atoms with E-state index in [4.69, 9.17) is 11.6 Å². The molecule has 0 bridgehead atoms. The van der Waals surface area contributed by atoms with Crippen molar-refractivity contribution in [2.24, 2.45) is 0 Å². The molecule has 0 aliphatic carbocycles. The Kier molecular flexibility index (Phi) is 7.19. The van der Waals surface area contributed by atoms with Gasteiger partial charge in [0.2, 0.25) is 11.8 Å². The summed E-state index contributed by atoms with van der Waals surface area (Å²) in [7, 11) is 3.37. The Bertz CT molecular complexity index is 492. The minimum absolute atomic E-state index is 0.00102. The number of halogens is 1. The Balaban J connectivity index is 2.30. The number of hydrogen-bond acceptors (Lipinski definition) is 3. The normalized spacial score (nSPS) is 11.8. The Labute approximate surface area is 129 Å². The highest BCUT2D eigenvalue weighted by Crippen LogP contribution is 2.21. The molecule has 0 spiro atoms. The first kappa shape index (κ1) is 17.5. The number of aliphatic hydroxyl groups excluding tert-OH is 1. The van der Waals surface area contributed by atoms with Gasteiger partial charge in [0.15, 0.2) is 0 Å². The van der Waals surface area contributed by atoms with E-state index in [2.05, 4.69) is 5.32 Å². The van der Waals surface area contributed by atoms with Gasteiger partial charge in [0, 0.05) is 44.1 Å². The van der Waals surface area contributed by atoms with Crippen molar-refractivity contribution >= 4 is 23.4 Å². The molecule has 2 N–H and O–H groups in total. The third-order valence-corrected chi connectivity index (χ3v) is 3.39. The van der Waals surface area contributed by atoms with E-state index in [-0.39, 0.29) is 24.8 Å². The zero-order valence-electron chi connectivity index (χ0n) is 12.3. The maximum atomic E-state index is 11.6. The first-order valence-corrected chi connectivity index (χ1v) is 7.19. The van der Waals surface area contributed by atoms with Crippen LogP contribution < -0.4 is 5.32 Å². The molecular formula is C15H21ClN2O3. The molecule has 0 fully saturated rings. The molecule has 0 saturated heterocycles. The third kappa shape index (κ3) is 6.14. The van der Waals surface area contributed by atoms with Gasteiger partial charge in [-0.2, -0.15) is 0 Å². The number of nitrogens with one attached hydrogen (secondary N) is 1. The van der Waals surface area contributed by atoms with E-state index in [1.165, 1.54) is 4.90 Å². The predicted octanol–water partition coefficient (Wildman–Crippen LogP) is 1.75. The quantitative estimate of drug-likeness (QED) is 0.806. The van der Waals surface area contributed by atoms with Crippen LogP contribution in [0.15, 0.2) is 24.3 Å². The lowest BCUT2D eigenvalue weighted by molar-refractivity contribution is -0.129. The van der Waals surface area contributed by atoms with E-state index in [1.54, 1.807) is 38.4 Å².